The smallest absolute Gasteiger partial charge is 0.306 e. The predicted octanol–water partition coefficient (Wildman–Crippen LogP) is 15.5. The molecule has 342 valence electrons. The largest absolute Gasteiger partial charge is 0.462 e. The molecule has 6 nitrogen and oxygen atoms in total. The standard InChI is InChI=1S/C56H82O6/c1-4-7-10-13-16-19-22-25-27-28-29-32-34-37-40-43-46-49-55(58)61-52-53(51-60-54(57)48-45-42-39-36-33-30-24-21-18-15-12-9-6-3)62-56(59)50-47-44-41-38-35-31-26-23-20-17-14-11-8-5-2/h7-13,15-22,24-25,27-30,32-34,36,39,53H,4-6,14,23,26,31,35,37-38,40-52H2,1-3H3/b10-7-,11-8-,12-9-,16-13-,18-15-,20-17-,22-19-,24-21-,27-25-,29-28+,33-30-,34-32-,39-36-. The average Bonchev–Trinajstić information content (AvgIpc) is 3.27. The minimum atomic E-state index is -0.836. The van der Waals surface area contributed by atoms with Gasteiger partial charge in [-0.05, 0) is 77.0 Å². The van der Waals surface area contributed by atoms with Crippen LogP contribution in [0.25, 0.3) is 0 Å². The Bertz CT molecular complexity index is 1490. The van der Waals surface area contributed by atoms with E-state index in [1.807, 2.05) is 115 Å². The van der Waals surface area contributed by atoms with Crippen molar-refractivity contribution < 1.29 is 28.6 Å². The summed E-state index contributed by atoms with van der Waals surface area (Å²) in [5.74, 6) is -1.08. The van der Waals surface area contributed by atoms with Gasteiger partial charge in [0.25, 0.3) is 0 Å². The van der Waals surface area contributed by atoms with Gasteiger partial charge in [0.2, 0.25) is 0 Å². The van der Waals surface area contributed by atoms with E-state index in [4.69, 9.17) is 14.2 Å². The Hall–Kier alpha value is -4.97. The van der Waals surface area contributed by atoms with E-state index in [0.717, 1.165) is 83.5 Å². The van der Waals surface area contributed by atoms with E-state index in [1.165, 1.54) is 19.3 Å². The summed E-state index contributed by atoms with van der Waals surface area (Å²) in [4.78, 5) is 37.8. The summed E-state index contributed by atoms with van der Waals surface area (Å²) >= 11 is 0. The summed E-state index contributed by atoms with van der Waals surface area (Å²) in [5.41, 5.74) is 0. The van der Waals surface area contributed by atoms with Crippen LogP contribution < -0.4 is 0 Å². The van der Waals surface area contributed by atoms with E-state index in [0.29, 0.717) is 12.8 Å². The highest BCUT2D eigenvalue weighted by molar-refractivity contribution is 5.71. The van der Waals surface area contributed by atoms with Crippen LogP contribution in [0.4, 0.5) is 0 Å². The van der Waals surface area contributed by atoms with Crippen molar-refractivity contribution in [2.45, 2.75) is 162 Å². The van der Waals surface area contributed by atoms with Gasteiger partial charge in [-0.15, -0.1) is 0 Å². The Morgan fingerprint density at radius 1 is 0.339 bits per heavy atom. The van der Waals surface area contributed by atoms with Gasteiger partial charge < -0.3 is 14.2 Å². The van der Waals surface area contributed by atoms with Crippen LogP contribution in [0.15, 0.2) is 158 Å². The molecule has 0 aliphatic rings. The van der Waals surface area contributed by atoms with E-state index in [-0.39, 0.29) is 50.4 Å². The molecule has 0 bridgehead atoms. The minimum Gasteiger partial charge on any atom is -0.462 e. The van der Waals surface area contributed by atoms with Crippen molar-refractivity contribution >= 4 is 17.9 Å². The Kier molecular flexibility index (Phi) is 44.8. The monoisotopic (exact) mass is 851 g/mol. The third-order valence-electron chi connectivity index (χ3n) is 9.05. The van der Waals surface area contributed by atoms with Gasteiger partial charge in [-0.1, -0.05) is 217 Å². The molecule has 0 aromatic rings. The van der Waals surface area contributed by atoms with Crippen molar-refractivity contribution in [1.82, 2.24) is 0 Å². The predicted molar refractivity (Wildman–Crippen MR) is 265 cm³/mol. The van der Waals surface area contributed by atoms with Crippen molar-refractivity contribution in [3.05, 3.63) is 158 Å². The van der Waals surface area contributed by atoms with Crippen LogP contribution in [-0.2, 0) is 28.6 Å². The van der Waals surface area contributed by atoms with Crippen LogP contribution in [0, 0.1) is 0 Å². The summed E-state index contributed by atoms with van der Waals surface area (Å²) < 4.78 is 16.6. The molecule has 0 amide bonds. The number of unbranched alkanes of at least 4 members (excludes halogenated alkanes) is 11. The molecule has 0 fully saturated rings. The number of hydrogen-bond donors (Lipinski definition) is 0. The molecule has 0 aromatic heterocycles. The maximum absolute atomic E-state index is 12.8. The van der Waals surface area contributed by atoms with E-state index >= 15 is 0 Å². The van der Waals surface area contributed by atoms with Crippen molar-refractivity contribution in [3.8, 4) is 0 Å². The summed E-state index contributed by atoms with van der Waals surface area (Å²) in [6.45, 7) is 6.09. The van der Waals surface area contributed by atoms with Crippen molar-refractivity contribution in [1.29, 1.82) is 0 Å². The van der Waals surface area contributed by atoms with E-state index in [9.17, 15) is 14.4 Å². The first-order valence-electron chi connectivity index (χ1n) is 23.6. The molecule has 0 spiro atoms. The zero-order valence-corrected chi connectivity index (χ0v) is 38.8. The summed E-state index contributed by atoms with van der Waals surface area (Å²) in [6, 6.07) is 0. The molecule has 1 unspecified atom stereocenters. The number of esters is 3. The molecule has 0 aliphatic heterocycles. The number of carbonyl (C=O) groups excluding carboxylic acids is 3. The molecule has 1 atom stereocenters. The number of rotatable bonds is 39. The molecule has 0 aliphatic carbocycles. The van der Waals surface area contributed by atoms with E-state index in [2.05, 4.69) is 63.3 Å². The normalized spacial score (nSPS) is 13.5. The first-order valence-corrected chi connectivity index (χ1v) is 23.6. The number of carbonyl (C=O) groups is 3. The fourth-order valence-corrected chi connectivity index (χ4v) is 5.60. The molecular formula is C56H82O6. The lowest BCUT2D eigenvalue weighted by atomic mass is 10.1. The summed E-state index contributed by atoms with van der Waals surface area (Å²) in [7, 11) is 0. The molecule has 0 heterocycles. The van der Waals surface area contributed by atoms with Gasteiger partial charge in [0.05, 0.1) is 0 Å². The second-order valence-corrected chi connectivity index (χ2v) is 14.8. The Balaban J connectivity index is 4.63. The Morgan fingerprint density at radius 2 is 0.677 bits per heavy atom. The molecule has 0 rings (SSSR count). The fourth-order valence-electron chi connectivity index (χ4n) is 5.60. The first-order chi connectivity index (χ1) is 30.5. The van der Waals surface area contributed by atoms with Gasteiger partial charge in [-0.2, -0.15) is 0 Å². The lowest BCUT2D eigenvalue weighted by molar-refractivity contribution is -0.167. The summed E-state index contributed by atoms with van der Waals surface area (Å²) in [6.07, 6.45) is 70.8. The van der Waals surface area contributed by atoms with Crippen LogP contribution in [-0.4, -0.2) is 37.2 Å². The van der Waals surface area contributed by atoms with E-state index in [1.54, 1.807) is 0 Å². The Morgan fingerprint density at radius 3 is 1.16 bits per heavy atom. The molecule has 0 saturated heterocycles. The zero-order valence-electron chi connectivity index (χ0n) is 38.8. The average molecular weight is 851 g/mol. The van der Waals surface area contributed by atoms with Crippen LogP contribution in [0.3, 0.4) is 0 Å². The molecule has 0 saturated carbocycles. The van der Waals surface area contributed by atoms with Crippen LogP contribution in [0.1, 0.15) is 156 Å². The molecule has 6 heteroatoms. The van der Waals surface area contributed by atoms with Gasteiger partial charge in [0.15, 0.2) is 6.10 Å². The molecule has 0 N–H and O–H groups in total. The number of ether oxygens (including phenoxy) is 3. The molecule has 0 radical (unpaired) electrons. The second-order valence-electron chi connectivity index (χ2n) is 14.8. The SMILES string of the molecule is CC\C=C/C=C\C=C/C=C\C=C/CCCC(=O)OCC(COC(=O)CCCCC\C=C/C=C/C=C\C=C/C=C\C=C/CC)OC(=O)CCCCCCCCC/C=C\C/C=C\CC. The second kappa shape index (κ2) is 48.7. The van der Waals surface area contributed by atoms with Crippen molar-refractivity contribution in [2.24, 2.45) is 0 Å². The quantitative estimate of drug-likeness (QED) is 0.0202. The topological polar surface area (TPSA) is 78.9 Å². The fraction of sp³-hybridized carbons (Fsp3) is 0.482. The first kappa shape index (κ1) is 57.0. The molecular weight excluding hydrogens is 769 g/mol. The van der Waals surface area contributed by atoms with Crippen molar-refractivity contribution in [3.63, 3.8) is 0 Å². The zero-order chi connectivity index (χ0) is 45.1. The third kappa shape index (κ3) is 46.1. The van der Waals surface area contributed by atoms with Gasteiger partial charge in [0, 0.05) is 19.3 Å². The molecule has 62 heavy (non-hydrogen) atoms. The summed E-state index contributed by atoms with van der Waals surface area (Å²) in [5, 5.41) is 0. The van der Waals surface area contributed by atoms with Crippen LogP contribution in [0.2, 0.25) is 0 Å². The van der Waals surface area contributed by atoms with Gasteiger partial charge in [-0.3, -0.25) is 14.4 Å². The Labute approximate surface area is 378 Å². The van der Waals surface area contributed by atoms with Crippen molar-refractivity contribution in [2.75, 3.05) is 13.2 Å². The lowest BCUT2D eigenvalue weighted by Crippen LogP contribution is -2.30. The lowest BCUT2D eigenvalue weighted by Gasteiger charge is -2.18. The van der Waals surface area contributed by atoms with Gasteiger partial charge in [-0.25, -0.2) is 0 Å². The maximum atomic E-state index is 12.8. The highest BCUT2D eigenvalue weighted by Crippen LogP contribution is 2.12. The van der Waals surface area contributed by atoms with Gasteiger partial charge >= 0.3 is 17.9 Å². The molecule has 0 aromatic carbocycles. The highest BCUT2D eigenvalue weighted by atomic mass is 16.6. The highest BCUT2D eigenvalue weighted by Gasteiger charge is 2.19. The number of hydrogen-bond acceptors (Lipinski definition) is 6. The van der Waals surface area contributed by atoms with Crippen LogP contribution in [0.5, 0.6) is 0 Å². The maximum Gasteiger partial charge on any atom is 0.306 e. The van der Waals surface area contributed by atoms with Gasteiger partial charge in [0.1, 0.15) is 13.2 Å². The number of allylic oxidation sites excluding steroid dienone is 26. The van der Waals surface area contributed by atoms with Crippen LogP contribution >= 0.6 is 0 Å². The third-order valence-corrected chi connectivity index (χ3v) is 9.05. The van der Waals surface area contributed by atoms with E-state index < -0.39 is 6.10 Å². The minimum absolute atomic E-state index is 0.135.